The predicted molar refractivity (Wildman–Crippen MR) is 130 cm³/mol. The molecule has 2 aromatic heterocycles. The number of aryl methyl sites for hydroxylation is 2. The summed E-state index contributed by atoms with van der Waals surface area (Å²) in [5, 5.41) is 16.8. The number of aromatic nitrogens is 3. The summed E-state index contributed by atoms with van der Waals surface area (Å²) in [7, 11) is 1.52. The molecule has 34 heavy (non-hydrogen) atoms. The first-order valence-corrected chi connectivity index (χ1v) is 11.0. The van der Waals surface area contributed by atoms with E-state index in [2.05, 4.69) is 20.1 Å². The van der Waals surface area contributed by atoms with Gasteiger partial charge in [-0.05, 0) is 37.6 Å². The molecule has 10 nitrogen and oxygen atoms in total. The molecule has 1 atom stereocenters. The van der Waals surface area contributed by atoms with E-state index in [4.69, 9.17) is 31.1 Å². The molecule has 3 aromatic rings. The zero-order chi connectivity index (χ0) is 24.2. The molecule has 0 bridgehead atoms. The molecule has 1 aliphatic heterocycles. The third kappa shape index (κ3) is 4.78. The van der Waals surface area contributed by atoms with Crippen molar-refractivity contribution in [2.75, 3.05) is 44.0 Å². The summed E-state index contributed by atoms with van der Waals surface area (Å²) < 4.78 is 16.9. The second kappa shape index (κ2) is 10.0. The van der Waals surface area contributed by atoms with Gasteiger partial charge in [0.15, 0.2) is 17.7 Å². The molecular weight excluding hydrogens is 434 g/mol. The van der Waals surface area contributed by atoms with Gasteiger partial charge in [0, 0.05) is 47.7 Å². The Morgan fingerprint density at radius 3 is 2.56 bits per heavy atom. The lowest BCUT2D eigenvalue weighted by molar-refractivity contribution is 0.122. The van der Waals surface area contributed by atoms with E-state index in [1.165, 1.54) is 7.11 Å². The first-order chi connectivity index (χ1) is 16.4. The lowest BCUT2D eigenvalue weighted by Crippen LogP contribution is -2.36. The number of rotatable bonds is 7. The Kier molecular flexibility index (Phi) is 6.90. The van der Waals surface area contributed by atoms with Crippen LogP contribution < -0.4 is 25.8 Å². The SMILES string of the molecule is COc1cc(N)c(C(=N)c2ccc(N3CCOCC3)nc2)cc1O[C@H](N)c1c(C)cnnc1C. The second-order valence-corrected chi connectivity index (χ2v) is 8.03. The Hall–Kier alpha value is -3.76. The fourth-order valence-electron chi connectivity index (χ4n) is 3.95. The van der Waals surface area contributed by atoms with Crippen molar-refractivity contribution in [3.05, 3.63) is 64.6 Å². The van der Waals surface area contributed by atoms with Crippen LogP contribution in [0.4, 0.5) is 11.5 Å². The second-order valence-electron chi connectivity index (χ2n) is 8.03. The molecule has 0 saturated carbocycles. The van der Waals surface area contributed by atoms with Crippen LogP contribution >= 0.6 is 0 Å². The van der Waals surface area contributed by atoms with E-state index >= 15 is 0 Å². The molecule has 10 heteroatoms. The molecule has 0 spiro atoms. The number of hydrogen-bond acceptors (Lipinski definition) is 10. The largest absolute Gasteiger partial charge is 0.493 e. The third-order valence-corrected chi connectivity index (χ3v) is 5.79. The summed E-state index contributed by atoms with van der Waals surface area (Å²) in [5.41, 5.74) is 16.7. The van der Waals surface area contributed by atoms with Gasteiger partial charge < -0.3 is 24.8 Å². The van der Waals surface area contributed by atoms with E-state index in [0.717, 1.165) is 30.0 Å². The molecule has 0 unspecified atom stereocenters. The van der Waals surface area contributed by atoms with E-state index in [-0.39, 0.29) is 5.71 Å². The van der Waals surface area contributed by atoms with Gasteiger partial charge in [0.05, 0.1) is 37.9 Å². The molecule has 0 radical (unpaired) electrons. The Morgan fingerprint density at radius 1 is 1.15 bits per heavy atom. The lowest BCUT2D eigenvalue weighted by atomic mass is 10.0. The van der Waals surface area contributed by atoms with E-state index in [1.54, 1.807) is 24.5 Å². The normalized spacial score (nSPS) is 14.5. The van der Waals surface area contributed by atoms with Gasteiger partial charge in [0.25, 0.3) is 0 Å². The van der Waals surface area contributed by atoms with Crippen LogP contribution in [0.25, 0.3) is 0 Å². The van der Waals surface area contributed by atoms with Crippen molar-refractivity contribution in [3.63, 3.8) is 0 Å². The van der Waals surface area contributed by atoms with Crippen LogP contribution in [0.15, 0.2) is 36.7 Å². The fourth-order valence-corrected chi connectivity index (χ4v) is 3.95. The molecule has 3 heterocycles. The average Bonchev–Trinajstić information content (AvgIpc) is 2.85. The first-order valence-electron chi connectivity index (χ1n) is 11.0. The van der Waals surface area contributed by atoms with E-state index in [9.17, 15) is 0 Å². The van der Waals surface area contributed by atoms with Gasteiger partial charge in [-0.15, -0.1) is 0 Å². The van der Waals surface area contributed by atoms with Crippen LogP contribution in [0.3, 0.4) is 0 Å². The Bertz CT molecular complexity index is 1160. The molecular formula is C24H29N7O3. The first kappa shape index (κ1) is 23.4. The van der Waals surface area contributed by atoms with E-state index in [1.807, 2.05) is 26.0 Å². The van der Waals surface area contributed by atoms with Gasteiger partial charge in [-0.3, -0.25) is 11.1 Å². The van der Waals surface area contributed by atoms with Crippen LogP contribution in [0.2, 0.25) is 0 Å². The quantitative estimate of drug-likeness (QED) is 0.273. The Balaban J connectivity index is 1.61. The number of nitrogens with two attached hydrogens (primary N) is 2. The van der Waals surface area contributed by atoms with Crippen LogP contribution in [-0.2, 0) is 4.74 Å². The minimum Gasteiger partial charge on any atom is -0.493 e. The van der Waals surface area contributed by atoms with Gasteiger partial charge in [0.1, 0.15) is 5.82 Å². The Morgan fingerprint density at radius 2 is 1.91 bits per heavy atom. The van der Waals surface area contributed by atoms with Crippen molar-refractivity contribution in [2.45, 2.75) is 20.1 Å². The van der Waals surface area contributed by atoms with Crippen LogP contribution in [-0.4, -0.2) is 54.3 Å². The van der Waals surface area contributed by atoms with Crippen molar-refractivity contribution >= 4 is 17.2 Å². The molecule has 1 saturated heterocycles. The summed E-state index contributed by atoms with van der Waals surface area (Å²) in [6.07, 6.45) is 2.52. The number of hydrogen-bond donors (Lipinski definition) is 3. The highest BCUT2D eigenvalue weighted by atomic mass is 16.5. The standard InChI is InChI=1S/C24H29N7O3/c1-14-12-29-30-15(2)22(14)24(27)34-20-10-17(18(25)11-19(20)32-3)23(26)16-4-5-21(28-13-16)31-6-8-33-9-7-31/h4-5,10-13,24,26H,6-9,25,27H2,1-3H3/t24-/m0/s1. The third-order valence-electron chi connectivity index (χ3n) is 5.79. The molecule has 0 amide bonds. The van der Waals surface area contributed by atoms with Gasteiger partial charge in [-0.1, -0.05) is 0 Å². The van der Waals surface area contributed by atoms with Gasteiger partial charge in [-0.25, -0.2) is 4.98 Å². The molecule has 5 N–H and O–H groups in total. The zero-order valence-electron chi connectivity index (χ0n) is 19.5. The number of pyridine rings is 1. The van der Waals surface area contributed by atoms with E-state index in [0.29, 0.717) is 47.2 Å². The average molecular weight is 464 g/mol. The molecule has 0 aliphatic carbocycles. The van der Waals surface area contributed by atoms with Crippen LogP contribution in [0.5, 0.6) is 11.5 Å². The Labute approximate surface area is 198 Å². The molecule has 178 valence electrons. The summed E-state index contributed by atoms with van der Waals surface area (Å²) in [6, 6.07) is 7.08. The number of morpholine rings is 1. The van der Waals surface area contributed by atoms with Gasteiger partial charge in [0.2, 0.25) is 0 Å². The smallest absolute Gasteiger partial charge is 0.176 e. The highest BCUT2D eigenvalue weighted by Gasteiger charge is 2.20. The van der Waals surface area contributed by atoms with E-state index < -0.39 is 6.23 Å². The highest BCUT2D eigenvalue weighted by molar-refractivity contribution is 6.14. The topological polar surface area (TPSA) is 145 Å². The number of nitrogens with zero attached hydrogens (tertiary/aromatic N) is 4. The van der Waals surface area contributed by atoms with Crippen molar-refractivity contribution in [2.24, 2.45) is 5.73 Å². The molecule has 1 fully saturated rings. The zero-order valence-corrected chi connectivity index (χ0v) is 19.5. The van der Waals surface area contributed by atoms with Crippen molar-refractivity contribution in [1.82, 2.24) is 15.2 Å². The predicted octanol–water partition coefficient (Wildman–Crippen LogP) is 2.37. The summed E-state index contributed by atoms with van der Waals surface area (Å²) >= 11 is 0. The van der Waals surface area contributed by atoms with Gasteiger partial charge >= 0.3 is 0 Å². The summed E-state index contributed by atoms with van der Waals surface area (Å²) in [5.74, 6) is 1.65. The minimum atomic E-state index is -0.801. The maximum absolute atomic E-state index is 8.77. The number of benzene rings is 1. The maximum atomic E-state index is 8.77. The summed E-state index contributed by atoms with van der Waals surface area (Å²) in [6.45, 7) is 6.68. The minimum absolute atomic E-state index is 0.220. The molecule has 1 aliphatic rings. The van der Waals surface area contributed by atoms with Crippen molar-refractivity contribution in [3.8, 4) is 11.5 Å². The summed E-state index contributed by atoms with van der Waals surface area (Å²) in [4.78, 5) is 6.70. The lowest BCUT2D eigenvalue weighted by Gasteiger charge is -2.27. The fraction of sp³-hybridized carbons (Fsp3) is 0.333. The number of nitrogens with one attached hydrogen (secondary N) is 1. The number of anilines is 2. The number of ether oxygens (including phenoxy) is 3. The highest BCUT2D eigenvalue weighted by Crippen LogP contribution is 2.36. The van der Waals surface area contributed by atoms with Crippen molar-refractivity contribution < 1.29 is 14.2 Å². The van der Waals surface area contributed by atoms with Crippen LogP contribution in [0.1, 0.15) is 34.2 Å². The monoisotopic (exact) mass is 463 g/mol. The molecule has 4 rings (SSSR count). The maximum Gasteiger partial charge on any atom is 0.176 e. The number of methoxy groups -OCH3 is 1. The number of nitrogen functional groups attached to an aromatic ring is 1. The van der Waals surface area contributed by atoms with Crippen molar-refractivity contribution in [1.29, 1.82) is 5.41 Å². The van der Waals surface area contributed by atoms with Crippen LogP contribution in [0, 0.1) is 19.3 Å². The van der Waals surface area contributed by atoms with Gasteiger partial charge in [-0.2, -0.15) is 10.2 Å². The molecule has 1 aromatic carbocycles.